The van der Waals surface area contributed by atoms with Crippen molar-refractivity contribution >= 4 is 5.84 Å². The molecular formula is C10H12FN3. The summed E-state index contributed by atoms with van der Waals surface area (Å²) in [6.45, 7) is 1.83. The molecule has 1 fully saturated rings. The zero-order valence-corrected chi connectivity index (χ0v) is 7.83. The third-order valence-corrected chi connectivity index (χ3v) is 2.39. The van der Waals surface area contributed by atoms with Gasteiger partial charge in [0.1, 0.15) is 17.3 Å². The second-order valence-electron chi connectivity index (χ2n) is 3.40. The number of hydrogen-bond acceptors (Lipinski definition) is 2. The standard InChI is InChI=1S/C10H12FN3/c11-8-3-4-9(13-7-8)10(12)14-5-1-2-6-14/h3-4,7,12H,1-2,5-6H2. The van der Waals surface area contributed by atoms with Crippen LogP contribution >= 0.6 is 0 Å². The van der Waals surface area contributed by atoms with Crippen LogP contribution in [0.4, 0.5) is 4.39 Å². The maximum atomic E-state index is 12.6. The Bertz CT molecular complexity index is 328. The van der Waals surface area contributed by atoms with E-state index in [1.165, 1.54) is 6.07 Å². The van der Waals surface area contributed by atoms with Crippen LogP contribution in [0.25, 0.3) is 0 Å². The molecule has 2 rings (SSSR count). The fraction of sp³-hybridized carbons (Fsp3) is 0.400. The van der Waals surface area contributed by atoms with Crippen LogP contribution in [-0.2, 0) is 0 Å². The monoisotopic (exact) mass is 193 g/mol. The van der Waals surface area contributed by atoms with Crippen molar-refractivity contribution in [3.63, 3.8) is 0 Å². The average molecular weight is 193 g/mol. The second-order valence-corrected chi connectivity index (χ2v) is 3.40. The predicted octanol–water partition coefficient (Wildman–Crippen LogP) is 1.64. The Kier molecular flexibility index (Phi) is 2.43. The first-order chi connectivity index (χ1) is 6.77. The number of nitrogens with zero attached hydrogens (tertiary/aromatic N) is 2. The second kappa shape index (κ2) is 3.74. The molecule has 1 saturated heterocycles. The number of nitrogens with one attached hydrogen (secondary N) is 1. The molecule has 74 valence electrons. The Hall–Kier alpha value is -1.45. The average Bonchev–Trinajstić information content (AvgIpc) is 2.71. The minimum absolute atomic E-state index is 0.358. The first-order valence-corrected chi connectivity index (χ1v) is 4.73. The number of hydrogen-bond donors (Lipinski definition) is 1. The highest BCUT2D eigenvalue weighted by atomic mass is 19.1. The van der Waals surface area contributed by atoms with Gasteiger partial charge in [0.05, 0.1) is 6.20 Å². The summed E-state index contributed by atoms with van der Waals surface area (Å²) in [4.78, 5) is 5.85. The summed E-state index contributed by atoms with van der Waals surface area (Å²) in [5.41, 5.74) is 0.549. The Balaban J connectivity index is 2.14. The van der Waals surface area contributed by atoms with Crippen LogP contribution in [0, 0.1) is 11.2 Å². The van der Waals surface area contributed by atoms with E-state index in [1.54, 1.807) is 6.07 Å². The number of likely N-dealkylation sites (tertiary alicyclic amines) is 1. The molecule has 1 aromatic rings. The molecule has 0 bridgehead atoms. The van der Waals surface area contributed by atoms with Gasteiger partial charge in [-0.2, -0.15) is 0 Å². The van der Waals surface area contributed by atoms with E-state index >= 15 is 0 Å². The summed E-state index contributed by atoms with van der Waals surface area (Å²) in [5, 5.41) is 7.84. The van der Waals surface area contributed by atoms with Gasteiger partial charge in [0, 0.05) is 13.1 Å². The molecule has 1 N–H and O–H groups in total. The van der Waals surface area contributed by atoms with Gasteiger partial charge in [-0.3, -0.25) is 5.41 Å². The van der Waals surface area contributed by atoms with E-state index in [1.807, 2.05) is 4.90 Å². The van der Waals surface area contributed by atoms with Crippen LogP contribution in [0.1, 0.15) is 18.5 Å². The van der Waals surface area contributed by atoms with Crippen LogP contribution in [0.3, 0.4) is 0 Å². The number of halogens is 1. The number of aromatic nitrogens is 1. The summed E-state index contributed by atoms with van der Waals surface area (Å²) < 4.78 is 12.6. The van der Waals surface area contributed by atoms with Gasteiger partial charge in [-0.05, 0) is 25.0 Å². The first-order valence-electron chi connectivity index (χ1n) is 4.73. The SMILES string of the molecule is N=C(c1ccc(F)cn1)N1CCCC1. The Morgan fingerprint density at radius 2 is 2.07 bits per heavy atom. The minimum Gasteiger partial charge on any atom is -0.355 e. The van der Waals surface area contributed by atoms with Gasteiger partial charge in [-0.1, -0.05) is 0 Å². The van der Waals surface area contributed by atoms with Crippen LogP contribution in [-0.4, -0.2) is 28.8 Å². The summed E-state index contributed by atoms with van der Waals surface area (Å²) >= 11 is 0. The van der Waals surface area contributed by atoms with Gasteiger partial charge in [-0.25, -0.2) is 9.37 Å². The van der Waals surface area contributed by atoms with E-state index in [2.05, 4.69) is 4.98 Å². The highest BCUT2D eigenvalue weighted by molar-refractivity contribution is 5.94. The van der Waals surface area contributed by atoms with Crippen LogP contribution in [0.2, 0.25) is 0 Å². The van der Waals surface area contributed by atoms with Crippen LogP contribution in [0.15, 0.2) is 18.3 Å². The van der Waals surface area contributed by atoms with E-state index in [0.29, 0.717) is 11.5 Å². The lowest BCUT2D eigenvalue weighted by Gasteiger charge is -2.17. The van der Waals surface area contributed by atoms with Gasteiger partial charge in [0.2, 0.25) is 0 Å². The molecule has 4 heteroatoms. The summed E-state index contributed by atoms with van der Waals surface area (Å²) in [7, 11) is 0. The topological polar surface area (TPSA) is 40.0 Å². The molecule has 0 saturated carbocycles. The molecular weight excluding hydrogens is 181 g/mol. The lowest BCUT2D eigenvalue weighted by atomic mass is 10.3. The highest BCUT2D eigenvalue weighted by Crippen LogP contribution is 2.11. The molecule has 1 aliphatic rings. The maximum absolute atomic E-state index is 12.6. The number of pyridine rings is 1. The zero-order valence-electron chi connectivity index (χ0n) is 7.83. The van der Waals surface area contributed by atoms with Crippen molar-refractivity contribution in [2.45, 2.75) is 12.8 Å². The van der Waals surface area contributed by atoms with Crippen molar-refractivity contribution < 1.29 is 4.39 Å². The molecule has 14 heavy (non-hydrogen) atoms. The fourth-order valence-electron chi connectivity index (χ4n) is 1.62. The smallest absolute Gasteiger partial charge is 0.147 e. The molecule has 0 atom stereocenters. The van der Waals surface area contributed by atoms with E-state index < -0.39 is 0 Å². The molecule has 0 aliphatic carbocycles. The highest BCUT2D eigenvalue weighted by Gasteiger charge is 2.16. The Morgan fingerprint density at radius 1 is 1.36 bits per heavy atom. The van der Waals surface area contributed by atoms with Crippen LogP contribution in [0.5, 0.6) is 0 Å². The first kappa shape index (κ1) is 9.12. The molecule has 0 unspecified atom stereocenters. The summed E-state index contributed by atoms with van der Waals surface area (Å²) in [5.74, 6) is 0.0467. The molecule has 0 amide bonds. The van der Waals surface area contributed by atoms with Gasteiger partial charge in [-0.15, -0.1) is 0 Å². The number of rotatable bonds is 1. The largest absolute Gasteiger partial charge is 0.355 e. The van der Waals surface area contributed by atoms with Gasteiger partial charge < -0.3 is 4.90 Å². The third kappa shape index (κ3) is 1.73. The van der Waals surface area contributed by atoms with Gasteiger partial charge in [0.25, 0.3) is 0 Å². The van der Waals surface area contributed by atoms with Crippen molar-refractivity contribution in [2.75, 3.05) is 13.1 Å². The predicted molar refractivity (Wildman–Crippen MR) is 51.8 cm³/mol. The minimum atomic E-state index is -0.358. The molecule has 3 nitrogen and oxygen atoms in total. The van der Waals surface area contributed by atoms with Crippen LogP contribution < -0.4 is 0 Å². The molecule has 2 heterocycles. The van der Waals surface area contributed by atoms with Crippen molar-refractivity contribution in [3.05, 3.63) is 29.8 Å². The van der Waals surface area contributed by atoms with Crippen molar-refractivity contribution in [1.82, 2.24) is 9.88 Å². The van der Waals surface area contributed by atoms with E-state index in [9.17, 15) is 4.39 Å². The molecule has 1 aromatic heterocycles. The van der Waals surface area contributed by atoms with Crippen molar-refractivity contribution in [1.29, 1.82) is 5.41 Å². The maximum Gasteiger partial charge on any atom is 0.147 e. The fourth-order valence-corrected chi connectivity index (χ4v) is 1.62. The van der Waals surface area contributed by atoms with Crippen molar-refractivity contribution in [2.24, 2.45) is 0 Å². The molecule has 0 radical (unpaired) electrons. The van der Waals surface area contributed by atoms with Gasteiger partial charge >= 0.3 is 0 Å². The Morgan fingerprint density at radius 3 is 2.64 bits per heavy atom. The van der Waals surface area contributed by atoms with Gasteiger partial charge in [0.15, 0.2) is 0 Å². The Labute approximate surface area is 82.1 Å². The third-order valence-electron chi connectivity index (χ3n) is 2.39. The quantitative estimate of drug-likeness (QED) is 0.544. The number of amidine groups is 1. The lowest BCUT2D eigenvalue weighted by Crippen LogP contribution is -2.28. The molecule has 0 aromatic carbocycles. The summed E-state index contributed by atoms with van der Waals surface area (Å²) in [6.07, 6.45) is 3.41. The van der Waals surface area contributed by atoms with E-state index in [4.69, 9.17) is 5.41 Å². The summed E-state index contributed by atoms with van der Waals surface area (Å²) in [6, 6.07) is 2.89. The lowest BCUT2D eigenvalue weighted by molar-refractivity contribution is 0.515. The molecule has 0 spiro atoms. The zero-order chi connectivity index (χ0) is 9.97. The molecule has 1 aliphatic heterocycles. The van der Waals surface area contributed by atoms with E-state index in [0.717, 1.165) is 32.1 Å². The van der Waals surface area contributed by atoms with E-state index in [-0.39, 0.29) is 5.82 Å². The normalized spacial score (nSPS) is 15.9. The van der Waals surface area contributed by atoms with Crippen molar-refractivity contribution in [3.8, 4) is 0 Å².